The van der Waals surface area contributed by atoms with E-state index in [-0.39, 0.29) is 12.5 Å². The van der Waals surface area contributed by atoms with Gasteiger partial charge in [-0.05, 0) is 13.8 Å². The molecule has 1 N–H and O–H groups in total. The Labute approximate surface area is 93.5 Å². The lowest BCUT2D eigenvalue weighted by molar-refractivity contribution is -0.192. The minimum atomic E-state index is -1.74. The molecule has 0 aromatic carbocycles. The van der Waals surface area contributed by atoms with E-state index in [1.54, 1.807) is 13.8 Å². The highest BCUT2D eigenvalue weighted by Crippen LogP contribution is 2.60. The molecular formula is C10H16O6. The van der Waals surface area contributed by atoms with Crippen molar-refractivity contribution in [1.82, 2.24) is 0 Å². The molecule has 1 unspecified atom stereocenters. The Kier molecular flexibility index (Phi) is 3.25. The van der Waals surface area contributed by atoms with E-state index in [0.29, 0.717) is 0 Å². The molecule has 0 bridgehead atoms. The van der Waals surface area contributed by atoms with Gasteiger partial charge in [0.25, 0.3) is 0 Å². The summed E-state index contributed by atoms with van der Waals surface area (Å²) in [5.41, 5.74) is -1.74. The monoisotopic (exact) mass is 232 g/mol. The highest BCUT2D eigenvalue weighted by Gasteiger charge is 2.81. The molecule has 1 aliphatic carbocycles. The lowest BCUT2D eigenvalue weighted by atomic mass is 10.1. The van der Waals surface area contributed by atoms with E-state index in [1.807, 2.05) is 0 Å². The summed E-state index contributed by atoms with van der Waals surface area (Å²) in [6.07, 6.45) is -0.413. The molecule has 1 atom stereocenters. The number of carbonyl (C=O) groups is 2. The molecule has 0 aromatic rings. The number of carbonyl (C=O) groups excluding carboxylic acids is 1. The Morgan fingerprint density at radius 1 is 1.25 bits per heavy atom. The van der Waals surface area contributed by atoms with Crippen LogP contribution < -0.4 is 0 Å². The first-order valence-corrected chi connectivity index (χ1v) is 4.91. The van der Waals surface area contributed by atoms with Crippen LogP contribution in [0, 0.1) is 5.41 Å². The average Bonchev–Trinajstić information content (AvgIpc) is 2.88. The molecule has 1 aliphatic rings. The van der Waals surface area contributed by atoms with E-state index in [9.17, 15) is 9.59 Å². The van der Waals surface area contributed by atoms with Gasteiger partial charge in [0.1, 0.15) is 0 Å². The predicted octanol–water partition coefficient (Wildman–Crippen LogP) is 0.402. The predicted molar refractivity (Wildman–Crippen MR) is 52.7 cm³/mol. The van der Waals surface area contributed by atoms with E-state index < -0.39 is 23.1 Å². The van der Waals surface area contributed by atoms with Gasteiger partial charge >= 0.3 is 11.9 Å². The van der Waals surface area contributed by atoms with Crippen molar-refractivity contribution in [2.45, 2.75) is 32.2 Å². The van der Waals surface area contributed by atoms with Crippen LogP contribution in [0.1, 0.15) is 20.3 Å². The summed E-state index contributed by atoms with van der Waals surface area (Å²) >= 11 is 0. The van der Waals surface area contributed by atoms with Crippen molar-refractivity contribution in [2.24, 2.45) is 5.41 Å². The van der Waals surface area contributed by atoms with Gasteiger partial charge < -0.3 is 19.3 Å². The minimum Gasteiger partial charge on any atom is -0.480 e. The van der Waals surface area contributed by atoms with Crippen molar-refractivity contribution in [1.29, 1.82) is 0 Å². The quantitative estimate of drug-likeness (QED) is 0.420. The Morgan fingerprint density at radius 2 is 1.75 bits per heavy atom. The van der Waals surface area contributed by atoms with E-state index in [2.05, 4.69) is 0 Å². The first kappa shape index (κ1) is 12.9. The molecule has 1 saturated carbocycles. The van der Waals surface area contributed by atoms with Crippen LogP contribution in [0.3, 0.4) is 0 Å². The van der Waals surface area contributed by atoms with Crippen LogP contribution in [0.15, 0.2) is 0 Å². The average molecular weight is 232 g/mol. The number of esters is 1. The molecule has 1 rings (SSSR count). The van der Waals surface area contributed by atoms with Gasteiger partial charge in [-0.15, -0.1) is 0 Å². The minimum absolute atomic E-state index is 0.0338. The summed E-state index contributed by atoms with van der Waals surface area (Å²) in [5, 5.41) is 9.12. The molecule has 6 heteroatoms. The largest absolute Gasteiger partial charge is 0.480 e. The van der Waals surface area contributed by atoms with Gasteiger partial charge in [0, 0.05) is 20.6 Å². The topological polar surface area (TPSA) is 82.1 Å². The van der Waals surface area contributed by atoms with Crippen molar-refractivity contribution < 1.29 is 28.9 Å². The van der Waals surface area contributed by atoms with Crippen molar-refractivity contribution >= 4 is 11.9 Å². The molecule has 0 spiro atoms. The molecule has 6 nitrogen and oxygen atoms in total. The van der Waals surface area contributed by atoms with Gasteiger partial charge in [-0.3, -0.25) is 9.59 Å². The second-order valence-corrected chi connectivity index (χ2v) is 4.00. The zero-order chi connectivity index (χ0) is 12.6. The van der Waals surface area contributed by atoms with Gasteiger partial charge in [0.2, 0.25) is 5.41 Å². The summed E-state index contributed by atoms with van der Waals surface area (Å²) in [6.45, 7) is 3.30. The molecule has 0 saturated heterocycles. The zero-order valence-electron chi connectivity index (χ0n) is 9.77. The van der Waals surface area contributed by atoms with Crippen molar-refractivity contribution in [3.8, 4) is 0 Å². The molecule has 0 amide bonds. The van der Waals surface area contributed by atoms with Gasteiger partial charge in [-0.2, -0.15) is 0 Å². The number of aliphatic carboxylic acids is 1. The molecule has 1 fully saturated rings. The Morgan fingerprint density at radius 3 is 2.00 bits per heavy atom. The summed E-state index contributed by atoms with van der Waals surface area (Å²) in [7, 11) is 2.60. The number of hydrogen-bond acceptors (Lipinski definition) is 5. The normalized spacial score (nSPS) is 26.6. The van der Waals surface area contributed by atoms with Gasteiger partial charge in [-0.25, -0.2) is 0 Å². The van der Waals surface area contributed by atoms with E-state index in [1.165, 1.54) is 14.2 Å². The van der Waals surface area contributed by atoms with E-state index >= 15 is 0 Å². The van der Waals surface area contributed by atoms with Crippen LogP contribution in [0.25, 0.3) is 0 Å². The number of hydrogen-bond donors (Lipinski definition) is 1. The molecule has 16 heavy (non-hydrogen) atoms. The summed E-state index contributed by atoms with van der Waals surface area (Å²) in [6, 6.07) is 0. The first-order chi connectivity index (χ1) is 7.36. The van der Waals surface area contributed by atoms with Crippen LogP contribution in [-0.2, 0) is 23.8 Å². The van der Waals surface area contributed by atoms with Crippen LogP contribution in [0.2, 0.25) is 0 Å². The third kappa shape index (κ3) is 1.58. The molecule has 0 heterocycles. The fourth-order valence-electron chi connectivity index (χ4n) is 1.75. The second kappa shape index (κ2) is 4.03. The molecule has 0 radical (unpaired) electrons. The SMILES string of the molecule is COC1(OC)CC1(C(=O)O)C(=O)OC(C)C. The third-order valence-corrected chi connectivity index (χ3v) is 2.74. The van der Waals surface area contributed by atoms with Crippen LogP contribution >= 0.6 is 0 Å². The maximum absolute atomic E-state index is 11.7. The maximum atomic E-state index is 11.7. The van der Waals surface area contributed by atoms with Crippen LogP contribution in [0.5, 0.6) is 0 Å². The van der Waals surface area contributed by atoms with Crippen LogP contribution in [0.4, 0.5) is 0 Å². The third-order valence-electron chi connectivity index (χ3n) is 2.74. The number of carboxylic acid groups (broad SMARTS) is 1. The van der Waals surface area contributed by atoms with Gasteiger partial charge in [0.15, 0.2) is 5.79 Å². The summed E-state index contributed by atoms with van der Waals surface area (Å²) < 4.78 is 14.9. The van der Waals surface area contributed by atoms with E-state index in [4.69, 9.17) is 19.3 Å². The molecule has 0 aliphatic heterocycles. The van der Waals surface area contributed by atoms with Crippen molar-refractivity contribution in [3.05, 3.63) is 0 Å². The molecular weight excluding hydrogens is 216 g/mol. The fraction of sp³-hybridized carbons (Fsp3) is 0.800. The Bertz CT molecular complexity index is 306. The Balaban J connectivity index is 2.95. The first-order valence-electron chi connectivity index (χ1n) is 4.91. The highest BCUT2D eigenvalue weighted by molar-refractivity contribution is 6.04. The van der Waals surface area contributed by atoms with Crippen molar-refractivity contribution in [2.75, 3.05) is 14.2 Å². The molecule has 0 aromatic heterocycles. The summed E-state index contributed by atoms with van der Waals surface area (Å²) in [4.78, 5) is 22.9. The number of carboxylic acids is 1. The maximum Gasteiger partial charge on any atom is 0.329 e. The highest BCUT2D eigenvalue weighted by atomic mass is 16.7. The fourth-order valence-corrected chi connectivity index (χ4v) is 1.75. The zero-order valence-corrected chi connectivity index (χ0v) is 9.77. The lowest BCUT2D eigenvalue weighted by Crippen LogP contribution is -2.39. The van der Waals surface area contributed by atoms with Crippen molar-refractivity contribution in [3.63, 3.8) is 0 Å². The smallest absolute Gasteiger partial charge is 0.329 e. The van der Waals surface area contributed by atoms with Gasteiger partial charge in [-0.1, -0.05) is 0 Å². The van der Waals surface area contributed by atoms with Crippen LogP contribution in [-0.4, -0.2) is 43.2 Å². The number of rotatable bonds is 5. The summed E-state index contributed by atoms with van der Waals surface area (Å²) in [5.74, 6) is -3.51. The Hall–Kier alpha value is -1.14. The standard InChI is InChI=1S/C10H16O6/c1-6(2)16-8(13)9(7(11)12)5-10(9,14-3)15-4/h6H,5H2,1-4H3,(H,11,12). The number of ether oxygens (including phenoxy) is 3. The molecule has 92 valence electrons. The van der Waals surface area contributed by atoms with E-state index in [0.717, 1.165) is 0 Å². The number of methoxy groups -OCH3 is 2. The van der Waals surface area contributed by atoms with Gasteiger partial charge in [0.05, 0.1) is 6.10 Å². The lowest BCUT2D eigenvalue weighted by Gasteiger charge is -2.20. The second-order valence-electron chi connectivity index (χ2n) is 4.00.